The van der Waals surface area contributed by atoms with Gasteiger partial charge < -0.3 is 9.47 Å². The molecule has 0 radical (unpaired) electrons. The fourth-order valence-corrected chi connectivity index (χ4v) is 2.94. The van der Waals surface area contributed by atoms with Crippen LogP contribution in [0.15, 0.2) is 72.8 Å². The molecule has 0 aliphatic carbocycles. The monoisotopic (exact) mass is 403 g/mol. The van der Waals surface area contributed by atoms with E-state index < -0.39 is 11.7 Å². The van der Waals surface area contributed by atoms with Crippen molar-refractivity contribution in [2.24, 2.45) is 0 Å². The van der Waals surface area contributed by atoms with Crippen molar-refractivity contribution in [1.82, 2.24) is 0 Å². The van der Waals surface area contributed by atoms with E-state index in [0.717, 1.165) is 23.0 Å². The lowest BCUT2D eigenvalue weighted by Gasteiger charge is -2.19. The van der Waals surface area contributed by atoms with Gasteiger partial charge >= 0.3 is 6.09 Å². The summed E-state index contributed by atoms with van der Waals surface area (Å²) in [6.07, 6.45) is 0.327. The Morgan fingerprint density at radius 2 is 1.73 bits per heavy atom. The van der Waals surface area contributed by atoms with Crippen LogP contribution < -0.4 is 10.1 Å². The predicted octanol–water partition coefficient (Wildman–Crippen LogP) is 6.09. The van der Waals surface area contributed by atoms with Gasteiger partial charge in [0.2, 0.25) is 0 Å². The molecule has 5 heteroatoms. The number of nitrogens with one attached hydrogen (secondary N) is 1. The van der Waals surface area contributed by atoms with Crippen molar-refractivity contribution < 1.29 is 19.1 Å². The van der Waals surface area contributed by atoms with Gasteiger partial charge in [0.05, 0.1) is 0 Å². The Morgan fingerprint density at radius 1 is 0.967 bits per heavy atom. The third kappa shape index (κ3) is 5.95. The molecular weight excluding hydrogens is 378 g/mol. The van der Waals surface area contributed by atoms with Crippen LogP contribution in [0, 0.1) is 0 Å². The van der Waals surface area contributed by atoms with Crippen LogP contribution in [-0.2, 0) is 11.3 Å². The number of carbonyl (C=O) groups is 2. The molecule has 3 aromatic carbocycles. The van der Waals surface area contributed by atoms with E-state index in [-0.39, 0.29) is 0 Å². The zero-order chi connectivity index (χ0) is 21.6. The van der Waals surface area contributed by atoms with Gasteiger partial charge in [0.1, 0.15) is 18.0 Å². The first kappa shape index (κ1) is 21.1. The average molecular weight is 403 g/mol. The quantitative estimate of drug-likeness (QED) is 0.506. The van der Waals surface area contributed by atoms with Crippen LogP contribution in [0.4, 0.5) is 10.5 Å². The standard InChI is InChI=1S/C25H25NO4/c1-25(2,3)30-24(28)26-21-11-7-8-18(14-21)17-29-22-12-13-23(20(15-22)16-27)19-9-5-4-6-10-19/h4-16H,17H2,1-3H3,(H,26,28). The van der Waals surface area contributed by atoms with Gasteiger partial charge in [-0.05, 0) is 67.8 Å². The second kappa shape index (κ2) is 9.27. The molecule has 0 fully saturated rings. The number of rotatable bonds is 6. The van der Waals surface area contributed by atoms with Crippen LogP contribution in [0.1, 0.15) is 36.7 Å². The molecule has 0 aliphatic rings. The molecule has 1 amide bonds. The normalized spacial score (nSPS) is 10.9. The van der Waals surface area contributed by atoms with Crippen LogP contribution in [0.5, 0.6) is 5.75 Å². The van der Waals surface area contributed by atoms with Gasteiger partial charge in [-0.1, -0.05) is 42.5 Å². The van der Waals surface area contributed by atoms with Gasteiger partial charge in [0.25, 0.3) is 0 Å². The van der Waals surface area contributed by atoms with Gasteiger partial charge in [-0.2, -0.15) is 0 Å². The zero-order valence-corrected chi connectivity index (χ0v) is 17.3. The summed E-state index contributed by atoms with van der Waals surface area (Å²) in [5.74, 6) is 0.599. The van der Waals surface area contributed by atoms with Crippen LogP contribution in [-0.4, -0.2) is 18.0 Å². The maximum atomic E-state index is 11.9. The molecule has 0 heterocycles. The molecule has 0 spiro atoms. The Kier molecular flexibility index (Phi) is 6.52. The molecule has 3 rings (SSSR count). The fourth-order valence-electron chi connectivity index (χ4n) is 2.94. The highest BCUT2D eigenvalue weighted by Crippen LogP contribution is 2.27. The van der Waals surface area contributed by atoms with Gasteiger partial charge in [-0.15, -0.1) is 0 Å². The van der Waals surface area contributed by atoms with E-state index in [1.165, 1.54) is 0 Å². The summed E-state index contributed by atoms with van der Waals surface area (Å²) < 4.78 is 11.1. The van der Waals surface area contributed by atoms with Gasteiger partial charge in [0, 0.05) is 11.3 Å². The molecule has 0 aliphatic heterocycles. The SMILES string of the molecule is CC(C)(C)OC(=O)Nc1cccc(COc2ccc(-c3ccccc3)c(C=O)c2)c1. The lowest BCUT2D eigenvalue weighted by Crippen LogP contribution is -2.27. The number of aldehydes is 1. The van der Waals surface area contributed by atoms with Crippen molar-refractivity contribution in [3.05, 3.63) is 83.9 Å². The summed E-state index contributed by atoms with van der Waals surface area (Å²) in [6.45, 7) is 5.74. The smallest absolute Gasteiger partial charge is 0.412 e. The Balaban J connectivity index is 1.67. The third-order valence-corrected chi connectivity index (χ3v) is 4.21. The van der Waals surface area contributed by atoms with E-state index in [0.29, 0.717) is 23.6 Å². The van der Waals surface area contributed by atoms with Crippen LogP contribution in [0.2, 0.25) is 0 Å². The Labute approximate surface area is 176 Å². The number of benzene rings is 3. The minimum atomic E-state index is -0.562. The van der Waals surface area contributed by atoms with Gasteiger partial charge in [0.15, 0.2) is 6.29 Å². The molecule has 0 saturated heterocycles. The Bertz CT molecular complexity index is 1020. The molecule has 154 valence electrons. The van der Waals surface area contributed by atoms with Crippen LogP contribution in [0.3, 0.4) is 0 Å². The van der Waals surface area contributed by atoms with Crippen molar-refractivity contribution in [3.8, 4) is 16.9 Å². The zero-order valence-electron chi connectivity index (χ0n) is 17.3. The Hall–Kier alpha value is -3.60. The summed E-state index contributed by atoms with van der Waals surface area (Å²) >= 11 is 0. The highest BCUT2D eigenvalue weighted by atomic mass is 16.6. The van der Waals surface area contributed by atoms with E-state index >= 15 is 0 Å². The van der Waals surface area contributed by atoms with Crippen molar-refractivity contribution in [1.29, 1.82) is 0 Å². The summed E-state index contributed by atoms with van der Waals surface area (Å²) in [7, 11) is 0. The number of carbonyl (C=O) groups excluding carboxylic acids is 2. The summed E-state index contributed by atoms with van der Waals surface area (Å²) in [5, 5.41) is 2.72. The van der Waals surface area contributed by atoms with Crippen molar-refractivity contribution in [3.63, 3.8) is 0 Å². The summed E-state index contributed by atoms with van der Waals surface area (Å²) in [4.78, 5) is 23.5. The van der Waals surface area contributed by atoms with E-state index in [4.69, 9.17) is 9.47 Å². The largest absolute Gasteiger partial charge is 0.489 e. The van der Waals surface area contributed by atoms with Crippen molar-refractivity contribution in [2.75, 3.05) is 5.32 Å². The van der Waals surface area contributed by atoms with E-state index in [1.54, 1.807) is 12.1 Å². The highest BCUT2D eigenvalue weighted by Gasteiger charge is 2.16. The Morgan fingerprint density at radius 3 is 2.43 bits per heavy atom. The maximum Gasteiger partial charge on any atom is 0.412 e. The average Bonchev–Trinajstić information content (AvgIpc) is 2.71. The molecule has 1 N–H and O–H groups in total. The number of ether oxygens (including phenoxy) is 2. The molecule has 5 nitrogen and oxygen atoms in total. The second-order valence-electron chi connectivity index (χ2n) is 7.85. The molecule has 30 heavy (non-hydrogen) atoms. The van der Waals surface area contributed by atoms with Crippen molar-refractivity contribution >= 4 is 18.1 Å². The second-order valence-corrected chi connectivity index (χ2v) is 7.85. The van der Waals surface area contributed by atoms with Gasteiger partial charge in [-0.25, -0.2) is 4.79 Å². The lowest BCUT2D eigenvalue weighted by atomic mass is 10.0. The van der Waals surface area contributed by atoms with Crippen LogP contribution in [0.25, 0.3) is 11.1 Å². The molecule has 0 bridgehead atoms. The van der Waals surface area contributed by atoms with Gasteiger partial charge in [-0.3, -0.25) is 10.1 Å². The molecule has 3 aromatic rings. The molecule has 0 unspecified atom stereocenters. The highest BCUT2D eigenvalue weighted by molar-refractivity contribution is 5.88. The van der Waals surface area contributed by atoms with Crippen LogP contribution >= 0.6 is 0 Å². The summed E-state index contributed by atoms with van der Waals surface area (Å²) in [6, 6.07) is 22.5. The molecule has 0 atom stereocenters. The number of amides is 1. The van der Waals surface area contributed by atoms with E-state index in [9.17, 15) is 9.59 Å². The molecule has 0 aromatic heterocycles. The first-order valence-corrected chi connectivity index (χ1v) is 9.70. The minimum absolute atomic E-state index is 0.298. The lowest BCUT2D eigenvalue weighted by molar-refractivity contribution is 0.0635. The summed E-state index contributed by atoms with van der Waals surface area (Å²) in [5.41, 5.74) is 3.35. The number of hydrogen-bond acceptors (Lipinski definition) is 4. The fraction of sp³-hybridized carbons (Fsp3) is 0.200. The number of hydrogen-bond donors (Lipinski definition) is 1. The number of anilines is 1. The third-order valence-electron chi connectivity index (χ3n) is 4.21. The first-order valence-electron chi connectivity index (χ1n) is 9.70. The first-order chi connectivity index (χ1) is 14.3. The molecular formula is C25H25NO4. The predicted molar refractivity (Wildman–Crippen MR) is 118 cm³/mol. The van der Waals surface area contributed by atoms with E-state index in [2.05, 4.69) is 5.32 Å². The topological polar surface area (TPSA) is 64.6 Å². The van der Waals surface area contributed by atoms with Crippen molar-refractivity contribution in [2.45, 2.75) is 33.0 Å². The van der Waals surface area contributed by atoms with E-state index in [1.807, 2.05) is 81.4 Å². The molecule has 0 saturated carbocycles. The maximum absolute atomic E-state index is 11.9. The minimum Gasteiger partial charge on any atom is -0.489 e.